The van der Waals surface area contributed by atoms with Crippen LogP contribution in [0.4, 0.5) is 4.39 Å². The maximum Gasteiger partial charge on any atom is 0.355 e. The third-order valence-corrected chi connectivity index (χ3v) is 7.71. The number of thiophene rings is 1. The number of aromatic carboxylic acids is 1. The van der Waals surface area contributed by atoms with E-state index in [-0.39, 0.29) is 22.8 Å². The first kappa shape index (κ1) is 23.9. The molecule has 1 aromatic heterocycles. The quantitative estimate of drug-likeness (QED) is 0.281. The number of benzene rings is 2. The van der Waals surface area contributed by atoms with Gasteiger partial charge in [-0.2, -0.15) is 0 Å². The van der Waals surface area contributed by atoms with Crippen molar-refractivity contribution in [1.82, 2.24) is 5.09 Å². The molecule has 0 unspecified atom stereocenters. The van der Waals surface area contributed by atoms with Crippen LogP contribution in [0.15, 0.2) is 54.6 Å². The number of para-hydroxylation sites is 1. The first-order valence-corrected chi connectivity index (χ1v) is 12.4. The summed E-state index contributed by atoms with van der Waals surface area (Å²) in [5.74, 6) is -3.70. The van der Waals surface area contributed by atoms with Crippen LogP contribution < -0.4 is 9.61 Å². The number of rotatable bonds is 10. The van der Waals surface area contributed by atoms with Gasteiger partial charge in [-0.1, -0.05) is 31.2 Å². The lowest BCUT2D eigenvalue weighted by molar-refractivity contribution is -0.145. The van der Waals surface area contributed by atoms with Crippen LogP contribution in [0.1, 0.15) is 41.4 Å². The smallest absolute Gasteiger partial charge is 0.355 e. The van der Waals surface area contributed by atoms with Gasteiger partial charge in [-0.3, -0.25) is 9.36 Å². The minimum atomic E-state index is -4.32. The van der Waals surface area contributed by atoms with E-state index in [2.05, 4.69) is 5.09 Å². The van der Waals surface area contributed by atoms with Crippen molar-refractivity contribution in [1.29, 1.82) is 0 Å². The Morgan fingerprint density at radius 3 is 2.56 bits per heavy atom. The van der Waals surface area contributed by atoms with Crippen molar-refractivity contribution in [2.45, 2.75) is 32.2 Å². The van der Waals surface area contributed by atoms with Crippen LogP contribution in [0.5, 0.6) is 5.75 Å². The molecule has 7 nitrogen and oxygen atoms in total. The fraction of sp³-hybridized carbons (Fsp3) is 0.273. The number of hydrogen-bond acceptors (Lipinski definition) is 6. The van der Waals surface area contributed by atoms with Crippen LogP contribution in [0.3, 0.4) is 0 Å². The summed E-state index contributed by atoms with van der Waals surface area (Å²) in [5, 5.41) is 12.2. The fourth-order valence-corrected chi connectivity index (χ4v) is 5.73. The van der Waals surface area contributed by atoms with Crippen molar-refractivity contribution < 1.29 is 32.9 Å². The van der Waals surface area contributed by atoms with Crippen molar-refractivity contribution in [2.75, 3.05) is 6.61 Å². The number of carboxylic acids is 1. The molecule has 32 heavy (non-hydrogen) atoms. The molecule has 0 saturated heterocycles. The number of fused-ring (bicyclic) bond motifs is 1. The van der Waals surface area contributed by atoms with E-state index in [1.807, 2.05) is 6.92 Å². The molecule has 0 aliphatic carbocycles. The van der Waals surface area contributed by atoms with Crippen LogP contribution >= 0.6 is 18.9 Å². The summed E-state index contributed by atoms with van der Waals surface area (Å²) in [4.78, 5) is 23.5. The molecule has 10 heteroatoms. The maximum atomic E-state index is 15.7. The Bertz CT molecular complexity index is 1150. The molecule has 170 valence electrons. The van der Waals surface area contributed by atoms with Crippen molar-refractivity contribution in [3.63, 3.8) is 0 Å². The molecule has 0 bridgehead atoms. The standard InChI is InChI=1S/C22H23FNO6PS/c1-3-11-29-22(27)14(2)24-31(28,30-17-7-5-4-6-8-17)20(23)15-9-10-18-16(12-15)13-19(32-18)21(25)26/h4-10,12-14,20H,3,11H2,1-2H3,(H,24,28)(H,25,26)/t14-,20+,31+/m0/s1. The van der Waals surface area contributed by atoms with Crippen molar-refractivity contribution in [2.24, 2.45) is 0 Å². The van der Waals surface area contributed by atoms with Crippen molar-refractivity contribution >= 4 is 40.9 Å². The molecular weight excluding hydrogens is 456 g/mol. The van der Waals surface area contributed by atoms with Gasteiger partial charge in [-0.25, -0.2) is 14.3 Å². The first-order valence-electron chi connectivity index (χ1n) is 9.93. The molecular formula is C22H23FNO6PS. The van der Waals surface area contributed by atoms with Gasteiger partial charge in [0.25, 0.3) is 0 Å². The summed E-state index contributed by atoms with van der Waals surface area (Å²) >= 11 is 1.06. The third kappa shape index (κ3) is 5.54. The Balaban J connectivity index is 1.94. The van der Waals surface area contributed by atoms with E-state index in [4.69, 9.17) is 9.26 Å². The van der Waals surface area contributed by atoms with E-state index < -0.39 is 31.4 Å². The van der Waals surface area contributed by atoms with E-state index in [0.717, 1.165) is 11.3 Å². The minimum Gasteiger partial charge on any atom is -0.477 e. The summed E-state index contributed by atoms with van der Waals surface area (Å²) in [7, 11) is -4.32. The van der Waals surface area contributed by atoms with Gasteiger partial charge in [0.15, 0.2) is 0 Å². The van der Waals surface area contributed by atoms with Crippen molar-refractivity contribution in [3.8, 4) is 5.75 Å². The monoisotopic (exact) mass is 479 g/mol. The van der Waals surface area contributed by atoms with Gasteiger partial charge >= 0.3 is 19.5 Å². The molecule has 0 radical (unpaired) electrons. The minimum absolute atomic E-state index is 0.0353. The van der Waals surface area contributed by atoms with Crippen LogP contribution in [-0.4, -0.2) is 29.7 Å². The van der Waals surface area contributed by atoms with Gasteiger partial charge in [0.2, 0.25) is 5.91 Å². The highest BCUT2D eigenvalue weighted by molar-refractivity contribution is 7.57. The second kappa shape index (κ2) is 10.3. The fourth-order valence-electron chi connectivity index (χ4n) is 2.94. The molecule has 0 spiro atoms. The lowest BCUT2D eigenvalue weighted by atomic mass is 10.2. The summed E-state index contributed by atoms with van der Waals surface area (Å²) in [6.07, 6.45) is 0.612. The number of carboxylic acid groups (broad SMARTS) is 1. The number of alkyl halides is 1. The Hall–Kier alpha value is -2.74. The molecule has 0 fully saturated rings. The number of ether oxygens (including phenoxy) is 1. The highest BCUT2D eigenvalue weighted by Gasteiger charge is 2.40. The van der Waals surface area contributed by atoms with Gasteiger partial charge in [-0.15, -0.1) is 11.3 Å². The Labute approximate surface area is 188 Å². The topological polar surface area (TPSA) is 102 Å². The maximum absolute atomic E-state index is 15.7. The first-order chi connectivity index (χ1) is 15.2. The number of halogens is 1. The largest absolute Gasteiger partial charge is 0.477 e. The van der Waals surface area contributed by atoms with Crippen LogP contribution in [-0.2, 0) is 14.1 Å². The van der Waals surface area contributed by atoms with Crippen molar-refractivity contribution in [3.05, 3.63) is 65.0 Å². The number of hydrogen-bond donors (Lipinski definition) is 2. The average Bonchev–Trinajstić information content (AvgIpc) is 3.21. The van der Waals surface area contributed by atoms with E-state index in [1.165, 1.54) is 37.3 Å². The van der Waals surface area contributed by atoms with E-state index in [9.17, 15) is 19.3 Å². The van der Waals surface area contributed by atoms with Gasteiger partial charge < -0.3 is 14.4 Å². The Kier molecular flexibility index (Phi) is 7.66. The molecule has 3 rings (SSSR count). The molecule has 2 N–H and O–H groups in total. The zero-order chi connectivity index (χ0) is 23.3. The van der Waals surface area contributed by atoms with E-state index in [1.54, 1.807) is 24.3 Å². The molecule has 0 saturated carbocycles. The van der Waals surface area contributed by atoms with Gasteiger partial charge in [0.1, 0.15) is 16.7 Å². The molecule has 1 heterocycles. The zero-order valence-electron chi connectivity index (χ0n) is 17.5. The predicted octanol–water partition coefficient (Wildman–Crippen LogP) is 5.77. The van der Waals surface area contributed by atoms with E-state index >= 15 is 4.39 Å². The number of carbonyl (C=O) groups is 2. The summed E-state index contributed by atoms with van der Waals surface area (Å²) in [5.41, 5.74) is 0.0353. The normalized spacial score (nSPS) is 15.0. The van der Waals surface area contributed by atoms with Gasteiger partial charge in [0, 0.05) is 4.70 Å². The Morgan fingerprint density at radius 1 is 1.19 bits per heavy atom. The lowest BCUT2D eigenvalue weighted by Gasteiger charge is -2.26. The summed E-state index contributed by atoms with van der Waals surface area (Å²) in [6, 6.07) is 12.9. The highest BCUT2D eigenvalue weighted by Crippen LogP contribution is 2.58. The van der Waals surface area contributed by atoms with E-state index in [0.29, 0.717) is 16.5 Å². The molecule has 3 atom stereocenters. The molecule has 3 aromatic rings. The van der Waals surface area contributed by atoms with Gasteiger partial charge in [0.05, 0.1) is 6.61 Å². The van der Waals surface area contributed by atoms with Crippen LogP contribution in [0.25, 0.3) is 10.1 Å². The molecule has 0 aliphatic heterocycles. The lowest BCUT2D eigenvalue weighted by Crippen LogP contribution is -2.35. The second-order valence-corrected chi connectivity index (χ2v) is 10.2. The van der Waals surface area contributed by atoms with Gasteiger partial charge in [-0.05, 0) is 54.6 Å². The zero-order valence-corrected chi connectivity index (χ0v) is 19.2. The molecule has 0 aliphatic rings. The average molecular weight is 479 g/mol. The second-order valence-electron chi connectivity index (χ2n) is 7.07. The van der Waals surface area contributed by atoms with Crippen LogP contribution in [0.2, 0.25) is 0 Å². The summed E-state index contributed by atoms with van der Waals surface area (Å²) < 4.78 is 40.7. The highest BCUT2D eigenvalue weighted by atomic mass is 32.1. The predicted molar refractivity (Wildman–Crippen MR) is 121 cm³/mol. The van der Waals surface area contributed by atoms with Crippen LogP contribution in [0, 0.1) is 0 Å². The Morgan fingerprint density at radius 2 is 1.91 bits per heavy atom. The third-order valence-electron chi connectivity index (χ3n) is 4.48. The number of nitrogens with one attached hydrogen (secondary N) is 1. The number of esters is 1. The summed E-state index contributed by atoms with van der Waals surface area (Å²) in [6.45, 7) is 3.45. The molecule has 2 aromatic carbocycles. The SMILES string of the molecule is CCCOC(=O)[C@H](C)N[P@](=O)(Oc1ccccc1)[C@@H](F)c1ccc2sc(C(=O)O)cc2c1. The number of carbonyl (C=O) groups excluding carboxylic acids is 1. The molecule has 0 amide bonds.